The lowest BCUT2D eigenvalue weighted by Gasteiger charge is -2.26. The van der Waals surface area contributed by atoms with Crippen LogP contribution in [0.1, 0.15) is 0 Å². The second kappa shape index (κ2) is 36.3. The van der Waals surface area contributed by atoms with Crippen molar-refractivity contribution in [2.75, 3.05) is 14.7 Å². The van der Waals surface area contributed by atoms with Gasteiger partial charge in [0.05, 0.1) is 0 Å². The molecule has 0 radical (unpaired) electrons. The molecular formula is C120H87N3. The van der Waals surface area contributed by atoms with Crippen LogP contribution in [-0.2, 0) is 0 Å². The van der Waals surface area contributed by atoms with Crippen molar-refractivity contribution in [3.63, 3.8) is 0 Å². The van der Waals surface area contributed by atoms with Crippen LogP contribution in [0, 0.1) is 0 Å². The molecule has 0 aliphatic carbocycles. The minimum Gasteiger partial charge on any atom is -0.311 e. The van der Waals surface area contributed by atoms with Crippen molar-refractivity contribution in [2.45, 2.75) is 0 Å². The molecule has 0 saturated heterocycles. The Morgan fingerprint density at radius 1 is 0.0894 bits per heavy atom. The van der Waals surface area contributed by atoms with Crippen LogP contribution in [-0.4, -0.2) is 0 Å². The lowest BCUT2D eigenvalue weighted by molar-refractivity contribution is 1.28. The highest BCUT2D eigenvalue weighted by atomic mass is 15.2. The standard InChI is InChI=1S/C44H31N.C40H29N.C36H27N/c1-2-10-32(11-3-1)33-20-26-38(27-21-33)45(39-28-22-36(23-29-39)43-18-8-14-34-12-4-6-16-41(34)43)40-30-24-37(25-31-40)44-19-9-15-35-13-5-7-17-42(35)44;1-3-10-30(11-4-1)32-18-24-36(25-19-32)41(37-26-20-33(21-27-37)31-12-5-2-6-13-31)38-28-22-35(23-29-38)40-17-9-15-34-14-7-8-16-39(34)40;1-4-10-28(11-5-1)31-16-22-34(23-17-31)37(35-24-18-32(19-25-35)29-12-6-2-7-13-29)36-26-20-33(21-27-36)30-14-8-3-9-15-30/h1-31H;1-29H;1-27H. The summed E-state index contributed by atoms with van der Waals surface area (Å²) in [4.78, 5) is 6.99. The zero-order chi connectivity index (χ0) is 82.3. The Bertz CT molecular complexity index is 6620. The maximum atomic E-state index is 2.34. The summed E-state index contributed by atoms with van der Waals surface area (Å²) in [5.41, 5.74) is 32.0. The van der Waals surface area contributed by atoms with Crippen LogP contribution >= 0.6 is 0 Å². The minimum absolute atomic E-state index is 1.12. The number of nitrogens with zero attached hydrogens (tertiary/aromatic N) is 3. The lowest BCUT2D eigenvalue weighted by atomic mass is 9.97. The van der Waals surface area contributed by atoms with E-state index in [-0.39, 0.29) is 0 Å². The van der Waals surface area contributed by atoms with Crippen LogP contribution in [0.25, 0.3) is 132 Å². The third-order valence-electron chi connectivity index (χ3n) is 23.1. The maximum Gasteiger partial charge on any atom is 0.0462 e. The predicted molar refractivity (Wildman–Crippen MR) is 525 cm³/mol. The normalized spacial score (nSPS) is 10.9. The molecule has 0 amide bonds. The molecule has 0 aromatic heterocycles. The molecule has 0 fully saturated rings. The smallest absolute Gasteiger partial charge is 0.0462 e. The van der Waals surface area contributed by atoms with Crippen LogP contribution in [0.3, 0.4) is 0 Å². The van der Waals surface area contributed by atoms with Gasteiger partial charge < -0.3 is 14.7 Å². The number of rotatable bonds is 18. The predicted octanol–water partition coefficient (Wildman–Crippen LogP) is 33.9. The van der Waals surface area contributed by atoms with E-state index in [1.54, 1.807) is 0 Å². The topological polar surface area (TPSA) is 9.72 Å². The van der Waals surface area contributed by atoms with Crippen LogP contribution in [0.2, 0.25) is 0 Å². The second-order valence-corrected chi connectivity index (χ2v) is 30.7. The molecule has 0 bridgehead atoms. The summed E-state index contributed by atoms with van der Waals surface area (Å²) in [5.74, 6) is 0. The Balaban J connectivity index is 0.000000122. The van der Waals surface area contributed by atoms with Crippen molar-refractivity contribution in [3.05, 3.63) is 528 Å². The van der Waals surface area contributed by atoms with Gasteiger partial charge in [-0.15, -0.1) is 0 Å². The number of anilines is 9. The summed E-state index contributed by atoms with van der Waals surface area (Å²) in [6.45, 7) is 0. The Morgan fingerprint density at radius 2 is 0.220 bits per heavy atom. The molecule has 3 nitrogen and oxygen atoms in total. The van der Waals surface area contributed by atoms with Gasteiger partial charge in [0.15, 0.2) is 0 Å². The van der Waals surface area contributed by atoms with E-state index in [0.29, 0.717) is 0 Å². The average Bonchev–Trinajstić information content (AvgIpc) is 0.789. The van der Waals surface area contributed by atoms with Gasteiger partial charge in [-0.1, -0.05) is 419 Å². The van der Waals surface area contributed by atoms with Crippen LogP contribution in [0.4, 0.5) is 51.2 Å². The SMILES string of the molecule is c1ccc(-c2ccc(N(c3ccc(-c4cccc5ccccc45)cc3)c3ccc(-c4cccc5ccccc45)cc3)cc2)cc1.c1ccc(-c2ccc(N(c3ccc(-c4ccccc4)cc3)c3ccc(-c4cccc5ccccc45)cc3)cc2)cc1.c1ccc(-c2ccc(N(c3ccc(-c4ccccc4)cc3)c3ccc(-c4ccccc4)cc3)cc2)cc1. The molecule has 21 aromatic rings. The fraction of sp³-hybridized carbons (Fsp3) is 0. The maximum absolute atomic E-state index is 2.34. The zero-order valence-corrected chi connectivity index (χ0v) is 68.1. The van der Waals surface area contributed by atoms with Crippen molar-refractivity contribution >= 4 is 83.5 Å². The highest BCUT2D eigenvalue weighted by Gasteiger charge is 2.20. The van der Waals surface area contributed by atoms with E-state index in [4.69, 9.17) is 0 Å². The summed E-state index contributed by atoms with van der Waals surface area (Å²) in [6.07, 6.45) is 0. The quantitative estimate of drug-likeness (QED) is 0.0848. The van der Waals surface area contributed by atoms with Crippen molar-refractivity contribution in [1.29, 1.82) is 0 Å². The van der Waals surface area contributed by atoms with Gasteiger partial charge in [-0.25, -0.2) is 0 Å². The van der Waals surface area contributed by atoms with E-state index in [9.17, 15) is 0 Å². The summed E-state index contributed by atoms with van der Waals surface area (Å²) in [5, 5.41) is 7.58. The Labute approximate surface area is 721 Å². The number of fused-ring (bicyclic) bond motifs is 3. The average molecular weight is 1570 g/mol. The molecule has 0 heterocycles. The number of hydrogen-bond donors (Lipinski definition) is 0. The minimum atomic E-state index is 1.12. The molecule has 0 saturated carbocycles. The van der Waals surface area contributed by atoms with E-state index < -0.39 is 0 Å². The fourth-order valence-corrected chi connectivity index (χ4v) is 16.7. The lowest BCUT2D eigenvalue weighted by Crippen LogP contribution is -2.09. The molecule has 0 aliphatic heterocycles. The molecule has 0 aliphatic rings. The summed E-state index contributed by atoms with van der Waals surface area (Å²) < 4.78 is 0. The van der Waals surface area contributed by atoms with Crippen molar-refractivity contribution in [1.82, 2.24) is 0 Å². The number of hydrogen-bond acceptors (Lipinski definition) is 3. The fourth-order valence-electron chi connectivity index (χ4n) is 16.7. The van der Waals surface area contributed by atoms with Crippen molar-refractivity contribution < 1.29 is 0 Å². The first-order chi connectivity index (χ1) is 61.0. The molecule has 21 aromatic carbocycles. The summed E-state index contributed by atoms with van der Waals surface area (Å²) >= 11 is 0. The molecule has 0 unspecified atom stereocenters. The zero-order valence-electron chi connectivity index (χ0n) is 68.1. The third-order valence-corrected chi connectivity index (χ3v) is 23.1. The largest absolute Gasteiger partial charge is 0.311 e. The Morgan fingerprint density at radius 3 is 0.390 bits per heavy atom. The van der Waals surface area contributed by atoms with Crippen LogP contribution < -0.4 is 14.7 Å². The molecule has 123 heavy (non-hydrogen) atoms. The van der Waals surface area contributed by atoms with E-state index in [0.717, 1.165) is 51.2 Å². The van der Waals surface area contributed by atoms with Gasteiger partial charge in [0.25, 0.3) is 0 Å². The molecule has 582 valence electrons. The first kappa shape index (κ1) is 76.8. The Kier molecular flexibility index (Phi) is 22.7. The first-order valence-corrected chi connectivity index (χ1v) is 42.1. The molecule has 21 rings (SSSR count). The molecule has 0 spiro atoms. The third kappa shape index (κ3) is 17.3. The van der Waals surface area contributed by atoms with E-state index in [1.807, 2.05) is 0 Å². The van der Waals surface area contributed by atoms with Crippen LogP contribution in [0.5, 0.6) is 0 Å². The molecule has 0 N–H and O–H groups in total. The van der Waals surface area contributed by atoms with Gasteiger partial charge in [0, 0.05) is 51.2 Å². The van der Waals surface area contributed by atoms with Crippen LogP contribution in [0.15, 0.2) is 528 Å². The molecule has 3 heteroatoms. The highest BCUT2D eigenvalue weighted by molar-refractivity contribution is 6.00. The van der Waals surface area contributed by atoms with Gasteiger partial charge in [-0.05, 0) is 242 Å². The van der Waals surface area contributed by atoms with Gasteiger partial charge in [0.1, 0.15) is 0 Å². The van der Waals surface area contributed by atoms with E-state index in [1.165, 1.54) is 132 Å². The van der Waals surface area contributed by atoms with Crippen molar-refractivity contribution in [3.8, 4) is 100 Å². The van der Waals surface area contributed by atoms with Gasteiger partial charge >= 0.3 is 0 Å². The number of benzene rings is 21. The second-order valence-electron chi connectivity index (χ2n) is 30.7. The summed E-state index contributed by atoms with van der Waals surface area (Å²) in [7, 11) is 0. The van der Waals surface area contributed by atoms with Gasteiger partial charge in [-0.2, -0.15) is 0 Å². The molecule has 0 atom stereocenters. The van der Waals surface area contributed by atoms with E-state index >= 15 is 0 Å². The first-order valence-electron chi connectivity index (χ1n) is 42.1. The highest BCUT2D eigenvalue weighted by Crippen LogP contribution is 2.44. The molecular weight excluding hydrogens is 1480 g/mol. The Hall–Kier alpha value is -16.2. The van der Waals surface area contributed by atoms with Gasteiger partial charge in [-0.3, -0.25) is 0 Å². The monoisotopic (exact) mass is 1570 g/mol. The van der Waals surface area contributed by atoms with E-state index in [2.05, 4.69) is 542 Å². The van der Waals surface area contributed by atoms with Crippen molar-refractivity contribution in [2.24, 2.45) is 0 Å². The van der Waals surface area contributed by atoms with Gasteiger partial charge in [0.2, 0.25) is 0 Å². The summed E-state index contributed by atoms with van der Waals surface area (Å²) in [6, 6.07) is 188.